The van der Waals surface area contributed by atoms with Gasteiger partial charge in [-0.3, -0.25) is 19.1 Å². The average Bonchev–Trinajstić information content (AvgIpc) is 3.19. The van der Waals surface area contributed by atoms with E-state index in [1.165, 1.54) is 25.3 Å². The molecule has 0 atom stereocenters. The number of rotatable bonds is 15. The maximum absolute atomic E-state index is 14.0. The number of hydrogen-bond acceptors (Lipinski definition) is 8. The second-order valence-corrected chi connectivity index (χ2v) is 13.5. The van der Waals surface area contributed by atoms with Crippen LogP contribution in [0.4, 0.5) is 5.69 Å². The third kappa shape index (κ3) is 14.9. The van der Waals surface area contributed by atoms with E-state index in [9.17, 15) is 14.7 Å². The molecule has 0 aliphatic carbocycles. The Kier molecular flexibility index (Phi) is 21.9. The quantitative estimate of drug-likeness (QED) is 0.121. The monoisotopic (exact) mass is 745 g/mol. The number of Topliss-reactive ketones (excluding diaryl/α,β-unsaturated/α-hetero) is 1. The Morgan fingerprint density at radius 2 is 1.54 bits per heavy atom. The molecule has 0 unspecified atom stereocenters. The molecule has 2 heterocycles. The summed E-state index contributed by atoms with van der Waals surface area (Å²) >= 11 is 0. The fraction of sp³-hybridized carbons (Fsp3) is 0.533. The molecule has 1 saturated heterocycles. The zero-order valence-corrected chi connectivity index (χ0v) is 34.7. The number of ketones is 1. The number of unbranched alkanes of at least 4 members (excludes halogenated alkanes) is 3. The number of anilines is 1. The van der Waals surface area contributed by atoms with E-state index in [2.05, 4.69) is 43.6 Å². The lowest BCUT2D eigenvalue weighted by molar-refractivity contribution is -0.118. The van der Waals surface area contributed by atoms with E-state index in [4.69, 9.17) is 14.5 Å². The highest BCUT2D eigenvalue weighted by Gasteiger charge is 2.20. The highest BCUT2D eigenvalue weighted by atomic mass is 16.5. The second kappa shape index (κ2) is 25.7. The lowest BCUT2D eigenvalue weighted by Gasteiger charge is -2.35. The predicted molar refractivity (Wildman–Crippen MR) is 226 cm³/mol. The van der Waals surface area contributed by atoms with Crippen LogP contribution in [0.1, 0.15) is 106 Å². The largest absolute Gasteiger partial charge is 0.489 e. The number of carbonyl (C=O) groups is 1. The Morgan fingerprint density at radius 1 is 0.870 bits per heavy atom. The van der Waals surface area contributed by atoms with Crippen LogP contribution in [0.3, 0.4) is 0 Å². The van der Waals surface area contributed by atoms with Crippen molar-refractivity contribution in [3.8, 4) is 17.2 Å². The number of piperazine rings is 1. The first-order valence-electron chi connectivity index (χ1n) is 20.3. The smallest absolute Gasteiger partial charge is 0.266 e. The predicted octanol–water partition coefficient (Wildman–Crippen LogP) is 9.07. The standard InChI is InChI=1S/C28H38N4O3.C11H14O2.C4H10.C2H6/c1-4-5-6-11-27-29-24-13-12-22(31-16-14-30(15-17-31)18-19-33)20-23(24)28(34)32(27)25-9-7-8-10-26(25)35-21(2)3;1-3-10-4-6-11(7-5-10)13-8-9(2)12;1-3-4-2;1-2/h7-10,12-13,20-21,33H,4-6,11,14-19H2,1-3H3;4-7H,3,8H2,1-2H3;3-4H2,1-2H3;1-2H3. The van der Waals surface area contributed by atoms with Gasteiger partial charge in [0.05, 0.1) is 29.3 Å². The Bertz CT molecular complexity index is 1690. The van der Waals surface area contributed by atoms with E-state index >= 15 is 0 Å². The van der Waals surface area contributed by atoms with Crippen LogP contribution in [0, 0.1) is 0 Å². The minimum Gasteiger partial charge on any atom is -0.489 e. The van der Waals surface area contributed by atoms with Gasteiger partial charge in [-0.05, 0) is 81.6 Å². The van der Waals surface area contributed by atoms with Gasteiger partial charge in [-0.25, -0.2) is 4.98 Å². The van der Waals surface area contributed by atoms with Gasteiger partial charge in [0, 0.05) is 44.8 Å². The third-order valence-electron chi connectivity index (χ3n) is 8.82. The zero-order chi connectivity index (χ0) is 39.9. The average molecular weight is 745 g/mol. The minimum atomic E-state index is -0.0536. The topological polar surface area (TPSA) is 97.1 Å². The molecule has 1 fully saturated rings. The number of aliphatic hydroxyl groups excluding tert-OH is 1. The van der Waals surface area contributed by atoms with Gasteiger partial charge in [-0.2, -0.15) is 0 Å². The number of fused-ring (bicyclic) bond motifs is 1. The first-order valence-corrected chi connectivity index (χ1v) is 20.3. The van der Waals surface area contributed by atoms with Crippen molar-refractivity contribution in [1.82, 2.24) is 14.5 Å². The number of β-amino-alcohol motifs (C(OH)–C–C–N with tert-alkyl or cyclic N) is 1. The summed E-state index contributed by atoms with van der Waals surface area (Å²) in [7, 11) is 0. The van der Waals surface area contributed by atoms with Crippen molar-refractivity contribution >= 4 is 22.4 Å². The fourth-order valence-corrected chi connectivity index (χ4v) is 5.74. The Labute approximate surface area is 325 Å². The lowest BCUT2D eigenvalue weighted by Crippen LogP contribution is -2.47. The van der Waals surface area contributed by atoms with Crippen LogP contribution in [-0.4, -0.2) is 77.4 Å². The van der Waals surface area contributed by atoms with Crippen molar-refractivity contribution in [2.24, 2.45) is 0 Å². The molecule has 0 amide bonds. The van der Waals surface area contributed by atoms with Crippen molar-refractivity contribution in [3.63, 3.8) is 0 Å². The van der Waals surface area contributed by atoms with Gasteiger partial charge in [-0.1, -0.05) is 91.5 Å². The zero-order valence-electron chi connectivity index (χ0n) is 34.7. The second-order valence-electron chi connectivity index (χ2n) is 13.5. The van der Waals surface area contributed by atoms with Gasteiger partial charge in [0.2, 0.25) is 0 Å². The molecule has 5 rings (SSSR count). The molecule has 4 aromatic rings. The number of aryl methyl sites for hydroxylation is 2. The summed E-state index contributed by atoms with van der Waals surface area (Å²) in [5.74, 6) is 2.27. The van der Waals surface area contributed by atoms with E-state index in [1.54, 1.807) is 4.57 Å². The van der Waals surface area contributed by atoms with Crippen LogP contribution < -0.4 is 19.9 Å². The highest BCUT2D eigenvalue weighted by Crippen LogP contribution is 2.27. The molecule has 1 N–H and O–H groups in total. The SMILES string of the molecule is CC.CCCC.CCCCCc1nc2ccc(N3CCN(CCO)CC3)cc2c(=O)n1-c1ccccc1OC(C)C.CCc1ccc(OCC(C)=O)cc1. The summed E-state index contributed by atoms with van der Waals surface area (Å²) in [4.78, 5) is 34.2. The molecule has 0 bridgehead atoms. The molecule has 0 saturated carbocycles. The number of nitrogens with zero attached hydrogens (tertiary/aromatic N) is 4. The van der Waals surface area contributed by atoms with Crippen LogP contribution >= 0.6 is 0 Å². The number of ether oxygens (including phenoxy) is 2. The Hall–Kier alpha value is -4.21. The fourth-order valence-electron chi connectivity index (χ4n) is 5.74. The van der Waals surface area contributed by atoms with Crippen molar-refractivity contribution in [2.75, 3.05) is 50.8 Å². The maximum atomic E-state index is 14.0. The van der Waals surface area contributed by atoms with E-state index in [-0.39, 0.29) is 30.7 Å². The van der Waals surface area contributed by atoms with E-state index in [1.807, 2.05) is 88.4 Å². The van der Waals surface area contributed by atoms with Gasteiger partial charge in [0.25, 0.3) is 5.56 Å². The summed E-state index contributed by atoms with van der Waals surface area (Å²) in [5.41, 5.74) is 3.74. The molecule has 9 nitrogen and oxygen atoms in total. The van der Waals surface area contributed by atoms with Crippen LogP contribution in [0.2, 0.25) is 0 Å². The summed E-state index contributed by atoms with van der Waals surface area (Å²) in [6.07, 6.45) is 7.59. The molecule has 298 valence electrons. The lowest BCUT2D eigenvalue weighted by atomic mass is 10.1. The molecule has 1 aliphatic heterocycles. The van der Waals surface area contributed by atoms with Gasteiger partial charge < -0.3 is 19.5 Å². The highest BCUT2D eigenvalue weighted by molar-refractivity contribution is 5.82. The van der Waals surface area contributed by atoms with Crippen molar-refractivity contribution in [2.45, 2.75) is 113 Å². The molecule has 9 heteroatoms. The van der Waals surface area contributed by atoms with E-state index in [0.29, 0.717) is 17.7 Å². The van der Waals surface area contributed by atoms with Crippen LogP contribution in [-0.2, 0) is 17.6 Å². The summed E-state index contributed by atoms with van der Waals surface area (Å²) < 4.78 is 13.1. The third-order valence-corrected chi connectivity index (χ3v) is 8.82. The molecule has 1 aliphatic rings. The maximum Gasteiger partial charge on any atom is 0.266 e. The van der Waals surface area contributed by atoms with Crippen molar-refractivity contribution in [3.05, 3.63) is 88.5 Å². The van der Waals surface area contributed by atoms with Crippen LogP contribution in [0.25, 0.3) is 16.6 Å². The molecule has 3 aromatic carbocycles. The number of carbonyl (C=O) groups excluding carboxylic acids is 1. The van der Waals surface area contributed by atoms with E-state index in [0.717, 1.165) is 86.7 Å². The number of aliphatic hydroxyl groups is 1. The van der Waals surface area contributed by atoms with Gasteiger partial charge in [-0.15, -0.1) is 0 Å². The molecule has 0 spiro atoms. The molecule has 1 aromatic heterocycles. The number of benzene rings is 3. The van der Waals surface area contributed by atoms with Gasteiger partial charge in [0.1, 0.15) is 23.9 Å². The van der Waals surface area contributed by atoms with Crippen molar-refractivity contribution < 1.29 is 19.4 Å². The first-order chi connectivity index (χ1) is 26.1. The molecule has 54 heavy (non-hydrogen) atoms. The Morgan fingerprint density at radius 3 is 2.11 bits per heavy atom. The molecule has 0 radical (unpaired) electrons. The van der Waals surface area contributed by atoms with Gasteiger partial charge >= 0.3 is 0 Å². The van der Waals surface area contributed by atoms with Crippen molar-refractivity contribution in [1.29, 1.82) is 0 Å². The van der Waals surface area contributed by atoms with E-state index < -0.39 is 0 Å². The number of para-hydroxylation sites is 2. The summed E-state index contributed by atoms with van der Waals surface area (Å²) in [6, 6.07) is 21.6. The Balaban J connectivity index is 0.000000439. The normalized spacial score (nSPS) is 12.5. The summed E-state index contributed by atoms with van der Waals surface area (Å²) in [6.45, 7) is 22.7. The first kappa shape index (κ1) is 45.9. The van der Waals surface area contributed by atoms with Gasteiger partial charge in [0.15, 0.2) is 5.78 Å². The van der Waals surface area contributed by atoms with Crippen LogP contribution in [0.5, 0.6) is 11.5 Å². The number of hydrogen-bond donors (Lipinski definition) is 1. The number of aromatic nitrogens is 2. The molecular formula is C45H68N4O5. The minimum absolute atomic E-state index is 0.0000814. The summed E-state index contributed by atoms with van der Waals surface area (Å²) in [5, 5.41) is 9.84. The molecular weight excluding hydrogens is 677 g/mol. The van der Waals surface area contributed by atoms with Crippen LogP contribution in [0.15, 0.2) is 71.5 Å².